The minimum Gasteiger partial charge on any atom is -0.497 e. The highest BCUT2D eigenvalue weighted by Gasteiger charge is 2.55. The van der Waals surface area contributed by atoms with E-state index in [1.54, 1.807) is 24.3 Å². The zero-order valence-corrected chi connectivity index (χ0v) is 20.5. The molecule has 37 heavy (non-hydrogen) atoms. The lowest BCUT2D eigenvalue weighted by Crippen LogP contribution is -2.49. The topological polar surface area (TPSA) is 145 Å². The first-order valence-corrected chi connectivity index (χ1v) is 11.5. The molecule has 0 saturated heterocycles. The Bertz CT molecular complexity index is 1380. The number of allylic oxidation sites excluding steroid dienone is 2. The van der Waals surface area contributed by atoms with Crippen molar-refractivity contribution < 1.29 is 19.0 Å². The second-order valence-electron chi connectivity index (χ2n) is 8.73. The summed E-state index contributed by atoms with van der Waals surface area (Å²) in [6, 6.07) is 20.7. The Morgan fingerprint density at radius 2 is 1.84 bits per heavy atom. The fourth-order valence-electron chi connectivity index (χ4n) is 5.06. The maximum absolute atomic E-state index is 13.0. The molecule has 0 spiro atoms. The number of rotatable bonds is 5. The van der Waals surface area contributed by atoms with Gasteiger partial charge in [-0.1, -0.05) is 42.5 Å². The van der Waals surface area contributed by atoms with Crippen LogP contribution >= 0.6 is 0 Å². The van der Waals surface area contributed by atoms with Crippen molar-refractivity contribution in [3.05, 3.63) is 82.6 Å². The standard InChI is InChI=1S/C28H25N5O4/c1-35-19-8-9-21(24(12-19)36-2)25-23-14-33(27(34)37-15-18-6-4-3-5-7-18)11-10-20(23)22(13-29)26(32)28(25,16-30)17-31/h3-10,12,23,25H,11,14-15,32H2,1-2H3/t23-,25+/m0/s1. The summed E-state index contributed by atoms with van der Waals surface area (Å²) in [6.07, 6.45) is 1.20. The predicted molar refractivity (Wildman–Crippen MR) is 133 cm³/mol. The van der Waals surface area contributed by atoms with E-state index in [1.807, 2.05) is 30.3 Å². The van der Waals surface area contributed by atoms with E-state index in [4.69, 9.17) is 19.9 Å². The molecule has 186 valence electrons. The first-order valence-electron chi connectivity index (χ1n) is 11.5. The number of hydrogen-bond donors (Lipinski definition) is 1. The maximum Gasteiger partial charge on any atom is 0.410 e. The largest absolute Gasteiger partial charge is 0.497 e. The average Bonchev–Trinajstić information content (AvgIpc) is 2.95. The fraction of sp³-hybridized carbons (Fsp3) is 0.286. The van der Waals surface area contributed by atoms with Crippen LogP contribution in [0.4, 0.5) is 4.79 Å². The molecular formula is C28H25N5O4. The molecule has 2 aliphatic rings. The highest BCUT2D eigenvalue weighted by atomic mass is 16.6. The van der Waals surface area contributed by atoms with Crippen molar-refractivity contribution >= 4 is 6.09 Å². The third-order valence-corrected chi connectivity index (χ3v) is 6.90. The van der Waals surface area contributed by atoms with Crippen molar-refractivity contribution in [1.82, 2.24) is 4.90 Å². The van der Waals surface area contributed by atoms with Gasteiger partial charge in [-0.05, 0) is 17.2 Å². The first kappa shape index (κ1) is 25.2. The SMILES string of the molecule is COc1ccc([C@@H]2[C@H]3CN(C(=O)OCc4ccccc4)CC=C3C(C#N)=C(N)C2(C#N)C#N)c(OC)c1. The van der Waals surface area contributed by atoms with Gasteiger partial charge in [0.1, 0.15) is 24.2 Å². The summed E-state index contributed by atoms with van der Waals surface area (Å²) in [6.45, 7) is 0.406. The van der Waals surface area contributed by atoms with Crippen molar-refractivity contribution in [1.29, 1.82) is 15.8 Å². The Kier molecular flexibility index (Phi) is 7.04. The van der Waals surface area contributed by atoms with E-state index in [0.717, 1.165) is 5.56 Å². The number of amides is 1. The van der Waals surface area contributed by atoms with Gasteiger partial charge < -0.3 is 24.8 Å². The molecule has 0 bridgehead atoms. The van der Waals surface area contributed by atoms with E-state index in [-0.39, 0.29) is 31.0 Å². The molecule has 0 aromatic heterocycles. The summed E-state index contributed by atoms with van der Waals surface area (Å²) in [4.78, 5) is 14.5. The van der Waals surface area contributed by atoms with Crippen LogP contribution in [-0.2, 0) is 11.3 Å². The summed E-state index contributed by atoms with van der Waals surface area (Å²) in [5.74, 6) is -0.503. The lowest BCUT2D eigenvalue weighted by Gasteiger charge is -2.45. The molecule has 9 heteroatoms. The fourth-order valence-corrected chi connectivity index (χ4v) is 5.06. The normalized spacial score (nSPS) is 19.9. The van der Waals surface area contributed by atoms with Crippen LogP contribution in [0, 0.1) is 45.3 Å². The number of benzene rings is 2. The number of nitrogens with two attached hydrogens (primary N) is 1. The Morgan fingerprint density at radius 1 is 1.11 bits per heavy atom. The third-order valence-electron chi connectivity index (χ3n) is 6.90. The minimum atomic E-state index is -1.87. The van der Waals surface area contributed by atoms with Crippen molar-refractivity contribution in [2.45, 2.75) is 12.5 Å². The van der Waals surface area contributed by atoms with Gasteiger partial charge in [-0.25, -0.2) is 4.79 Å². The molecule has 9 nitrogen and oxygen atoms in total. The van der Waals surface area contributed by atoms with Crippen LogP contribution in [0.1, 0.15) is 17.0 Å². The molecule has 0 saturated carbocycles. The first-order chi connectivity index (χ1) is 17.9. The molecule has 2 aromatic carbocycles. The molecule has 2 aromatic rings. The van der Waals surface area contributed by atoms with Crippen LogP contribution in [0.25, 0.3) is 0 Å². The molecule has 1 aliphatic heterocycles. The van der Waals surface area contributed by atoms with E-state index in [2.05, 4.69) is 18.2 Å². The van der Waals surface area contributed by atoms with Crippen LogP contribution in [0.3, 0.4) is 0 Å². The highest BCUT2D eigenvalue weighted by molar-refractivity contribution is 5.70. The van der Waals surface area contributed by atoms with E-state index in [0.29, 0.717) is 22.6 Å². The highest BCUT2D eigenvalue weighted by Crippen LogP contribution is 2.56. The van der Waals surface area contributed by atoms with Crippen molar-refractivity contribution in [2.24, 2.45) is 17.1 Å². The number of carbonyl (C=O) groups is 1. The van der Waals surface area contributed by atoms with Gasteiger partial charge in [-0.15, -0.1) is 0 Å². The zero-order valence-electron chi connectivity index (χ0n) is 20.5. The number of hydrogen-bond acceptors (Lipinski definition) is 8. The smallest absolute Gasteiger partial charge is 0.410 e. The number of ether oxygens (including phenoxy) is 3. The number of methoxy groups -OCH3 is 2. The van der Waals surface area contributed by atoms with Crippen LogP contribution in [0.5, 0.6) is 11.5 Å². The summed E-state index contributed by atoms with van der Waals surface area (Å²) >= 11 is 0. The number of fused-ring (bicyclic) bond motifs is 1. The van der Waals surface area contributed by atoms with E-state index in [9.17, 15) is 20.6 Å². The Morgan fingerprint density at radius 3 is 2.46 bits per heavy atom. The van der Waals surface area contributed by atoms with Crippen LogP contribution in [0.15, 0.2) is 71.5 Å². The summed E-state index contributed by atoms with van der Waals surface area (Å²) in [5.41, 5.74) is 6.48. The van der Waals surface area contributed by atoms with Gasteiger partial charge in [-0.3, -0.25) is 0 Å². The van der Waals surface area contributed by atoms with E-state index in [1.165, 1.54) is 19.1 Å². The number of carbonyl (C=O) groups excluding carboxylic acids is 1. The predicted octanol–water partition coefficient (Wildman–Crippen LogP) is 3.77. The van der Waals surface area contributed by atoms with Gasteiger partial charge in [0, 0.05) is 36.6 Å². The van der Waals surface area contributed by atoms with Crippen LogP contribution < -0.4 is 15.2 Å². The van der Waals surface area contributed by atoms with Gasteiger partial charge in [0.05, 0.1) is 37.6 Å². The molecule has 1 amide bonds. The lowest BCUT2D eigenvalue weighted by atomic mass is 9.58. The van der Waals surface area contributed by atoms with Gasteiger partial charge in [0.15, 0.2) is 5.41 Å². The molecule has 2 N–H and O–H groups in total. The van der Waals surface area contributed by atoms with E-state index < -0.39 is 23.3 Å². The summed E-state index contributed by atoms with van der Waals surface area (Å²) in [7, 11) is 3.00. The van der Waals surface area contributed by atoms with Gasteiger partial charge in [0.2, 0.25) is 0 Å². The summed E-state index contributed by atoms with van der Waals surface area (Å²) < 4.78 is 16.4. The molecule has 4 rings (SSSR count). The Hall–Kier alpha value is -4.94. The molecule has 0 radical (unpaired) electrons. The molecular weight excluding hydrogens is 470 g/mol. The number of nitriles is 3. The van der Waals surface area contributed by atoms with Crippen LogP contribution in [0.2, 0.25) is 0 Å². The summed E-state index contributed by atoms with van der Waals surface area (Å²) in [5, 5.41) is 30.6. The van der Waals surface area contributed by atoms with Crippen LogP contribution in [-0.4, -0.2) is 38.3 Å². The third kappa shape index (κ3) is 4.30. The monoisotopic (exact) mass is 495 g/mol. The molecule has 1 heterocycles. The quantitative estimate of drug-likeness (QED) is 0.660. The Labute approximate surface area is 215 Å². The maximum atomic E-state index is 13.0. The average molecular weight is 496 g/mol. The minimum absolute atomic E-state index is 0.0918. The van der Waals surface area contributed by atoms with Gasteiger partial charge in [0.25, 0.3) is 0 Å². The van der Waals surface area contributed by atoms with Gasteiger partial charge >= 0.3 is 6.09 Å². The zero-order chi connectivity index (χ0) is 26.6. The second-order valence-corrected chi connectivity index (χ2v) is 8.73. The molecule has 1 aliphatic carbocycles. The lowest BCUT2D eigenvalue weighted by molar-refractivity contribution is 0.0897. The Balaban J connectivity index is 1.79. The second kappa shape index (κ2) is 10.4. The van der Waals surface area contributed by atoms with Gasteiger partial charge in [-0.2, -0.15) is 15.8 Å². The molecule has 2 atom stereocenters. The van der Waals surface area contributed by atoms with Crippen molar-refractivity contribution in [3.8, 4) is 29.7 Å². The van der Waals surface area contributed by atoms with Crippen molar-refractivity contribution in [2.75, 3.05) is 27.3 Å². The molecule has 0 fully saturated rings. The number of nitrogens with zero attached hydrogens (tertiary/aromatic N) is 4. The van der Waals surface area contributed by atoms with Crippen molar-refractivity contribution in [3.63, 3.8) is 0 Å². The molecule has 0 unspecified atom stereocenters. The van der Waals surface area contributed by atoms with E-state index >= 15 is 0 Å².